The quantitative estimate of drug-likeness (QED) is 0.360. The van der Waals surface area contributed by atoms with Gasteiger partial charge < -0.3 is 9.47 Å². The molecule has 3 fully saturated rings. The highest BCUT2D eigenvalue weighted by molar-refractivity contribution is 5.69. The fourth-order valence-electron chi connectivity index (χ4n) is 8.58. The first-order valence-corrected chi connectivity index (χ1v) is 12.8. The lowest BCUT2D eigenvalue weighted by Gasteiger charge is -2.58. The fraction of sp³-hybridized carbons (Fsp3) is 0.786. The maximum Gasteiger partial charge on any atom is 0.305 e. The molecule has 0 bridgehead atoms. The molecule has 4 aliphatic carbocycles. The van der Waals surface area contributed by atoms with Gasteiger partial charge in [0, 0.05) is 19.8 Å². The zero-order valence-corrected chi connectivity index (χ0v) is 20.5. The molecule has 4 heteroatoms. The third-order valence-electron chi connectivity index (χ3n) is 10.2. The monoisotopic (exact) mass is 442 g/mol. The van der Waals surface area contributed by atoms with Gasteiger partial charge in [-0.3, -0.25) is 9.59 Å². The molecule has 178 valence electrons. The molecule has 3 saturated carbocycles. The third-order valence-corrected chi connectivity index (χ3v) is 10.2. The van der Waals surface area contributed by atoms with Crippen LogP contribution in [0.25, 0.3) is 0 Å². The number of esters is 2. The summed E-state index contributed by atoms with van der Waals surface area (Å²) in [6.45, 7) is 10.7. The Labute approximate surface area is 194 Å². The first kappa shape index (κ1) is 23.6. The van der Waals surface area contributed by atoms with Crippen molar-refractivity contribution in [1.29, 1.82) is 0 Å². The van der Waals surface area contributed by atoms with E-state index in [9.17, 15) is 9.59 Å². The van der Waals surface area contributed by atoms with Gasteiger partial charge in [-0.2, -0.15) is 0 Å². The lowest BCUT2D eigenvalue weighted by atomic mass is 9.47. The van der Waals surface area contributed by atoms with E-state index >= 15 is 0 Å². The third kappa shape index (κ3) is 3.96. The topological polar surface area (TPSA) is 52.6 Å². The normalized spacial score (nSPS) is 41.4. The molecule has 8 atom stereocenters. The first-order chi connectivity index (χ1) is 15.2. The van der Waals surface area contributed by atoms with Crippen LogP contribution in [0.5, 0.6) is 0 Å². The molecule has 0 heterocycles. The van der Waals surface area contributed by atoms with Crippen LogP contribution >= 0.6 is 0 Å². The predicted octanol–water partition coefficient (Wildman–Crippen LogP) is 6.25. The maximum atomic E-state index is 11.8. The SMILES string of the molecule is C=C[C@H](CCC(=O)OC)[C@H]1CCC2C3CC=C4CC(OC(C)=O)CC[C@]4(C)C3CC[C@@]21C. The largest absolute Gasteiger partial charge is 0.469 e. The molecule has 0 spiro atoms. The van der Waals surface area contributed by atoms with Gasteiger partial charge in [0.05, 0.1) is 7.11 Å². The van der Waals surface area contributed by atoms with Crippen molar-refractivity contribution in [2.75, 3.05) is 7.11 Å². The van der Waals surface area contributed by atoms with Gasteiger partial charge in [-0.05, 0) is 91.8 Å². The van der Waals surface area contributed by atoms with Crippen molar-refractivity contribution < 1.29 is 19.1 Å². The number of carbonyl (C=O) groups is 2. The Morgan fingerprint density at radius 3 is 2.66 bits per heavy atom. The summed E-state index contributed by atoms with van der Waals surface area (Å²) in [5.41, 5.74) is 2.16. The lowest BCUT2D eigenvalue weighted by molar-refractivity contribution is -0.148. The van der Waals surface area contributed by atoms with E-state index in [1.807, 2.05) is 0 Å². The number of carbonyl (C=O) groups excluding carboxylic acids is 2. The van der Waals surface area contributed by atoms with Crippen molar-refractivity contribution in [1.82, 2.24) is 0 Å². The van der Waals surface area contributed by atoms with Crippen LogP contribution in [-0.2, 0) is 19.1 Å². The molecule has 0 aliphatic heterocycles. The zero-order chi connectivity index (χ0) is 23.1. The Morgan fingerprint density at radius 1 is 1.19 bits per heavy atom. The lowest BCUT2D eigenvalue weighted by Crippen LogP contribution is -2.51. The molecule has 0 aromatic carbocycles. The van der Waals surface area contributed by atoms with Gasteiger partial charge >= 0.3 is 11.9 Å². The van der Waals surface area contributed by atoms with Crippen LogP contribution in [0.4, 0.5) is 0 Å². The minimum atomic E-state index is -0.151. The van der Waals surface area contributed by atoms with Crippen LogP contribution in [-0.4, -0.2) is 25.2 Å². The van der Waals surface area contributed by atoms with Crippen molar-refractivity contribution >= 4 is 11.9 Å². The van der Waals surface area contributed by atoms with Gasteiger partial charge in [0.25, 0.3) is 0 Å². The molecule has 0 aromatic rings. The summed E-state index contributed by atoms with van der Waals surface area (Å²) in [6.07, 6.45) is 15.4. The van der Waals surface area contributed by atoms with Gasteiger partial charge in [0.1, 0.15) is 6.10 Å². The molecular formula is C28H42O4. The molecule has 0 radical (unpaired) electrons. The van der Waals surface area contributed by atoms with Gasteiger partial charge in [0.2, 0.25) is 0 Å². The van der Waals surface area contributed by atoms with Crippen LogP contribution in [0.2, 0.25) is 0 Å². The minimum Gasteiger partial charge on any atom is -0.469 e. The Kier molecular flexibility index (Phi) is 6.62. The molecular weight excluding hydrogens is 400 g/mol. The van der Waals surface area contributed by atoms with E-state index in [0.29, 0.717) is 23.7 Å². The molecule has 4 aliphatic rings. The van der Waals surface area contributed by atoms with E-state index in [-0.39, 0.29) is 23.5 Å². The number of hydrogen-bond acceptors (Lipinski definition) is 4. The summed E-state index contributed by atoms with van der Waals surface area (Å²) in [7, 11) is 1.48. The van der Waals surface area contributed by atoms with Crippen molar-refractivity contribution in [2.24, 2.45) is 40.4 Å². The summed E-state index contributed by atoms with van der Waals surface area (Å²) in [4.78, 5) is 23.2. The Morgan fingerprint density at radius 2 is 1.97 bits per heavy atom. The molecule has 4 unspecified atom stereocenters. The van der Waals surface area contributed by atoms with Crippen molar-refractivity contribution in [3.8, 4) is 0 Å². The zero-order valence-electron chi connectivity index (χ0n) is 20.5. The number of fused-ring (bicyclic) bond motifs is 5. The van der Waals surface area contributed by atoms with Gasteiger partial charge in [-0.25, -0.2) is 0 Å². The second-order valence-corrected chi connectivity index (χ2v) is 11.5. The van der Waals surface area contributed by atoms with Crippen LogP contribution in [0.3, 0.4) is 0 Å². The van der Waals surface area contributed by atoms with Crippen molar-refractivity contribution in [3.05, 3.63) is 24.3 Å². The van der Waals surface area contributed by atoms with Crippen molar-refractivity contribution in [2.45, 2.75) is 91.1 Å². The van der Waals surface area contributed by atoms with E-state index in [1.165, 1.54) is 46.1 Å². The highest BCUT2D eigenvalue weighted by atomic mass is 16.5. The second kappa shape index (κ2) is 8.99. The number of methoxy groups -OCH3 is 1. The average molecular weight is 443 g/mol. The highest BCUT2D eigenvalue weighted by Gasteiger charge is 2.59. The average Bonchev–Trinajstić information content (AvgIpc) is 3.11. The number of allylic oxidation sites excluding steroid dienone is 2. The van der Waals surface area contributed by atoms with Gasteiger partial charge in [-0.1, -0.05) is 31.6 Å². The summed E-state index contributed by atoms with van der Waals surface area (Å²) in [6, 6.07) is 0. The summed E-state index contributed by atoms with van der Waals surface area (Å²) >= 11 is 0. The summed E-state index contributed by atoms with van der Waals surface area (Å²) in [5.74, 6) is 3.01. The Hall–Kier alpha value is -1.58. The Balaban J connectivity index is 1.51. The van der Waals surface area contributed by atoms with Gasteiger partial charge in [0.15, 0.2) is 0 Å². The minimum absolute atomic E-state index is 0.0660. The molecule has 4 rings (SSSR count). The summed E-state index contributed by atoms with van der Waals surface area (Å²) < 4.78 is 10.5. The van der Waals surface area contributed by atoms with Crippen molar-refractivity contribution in [3.63, 3.8) is 0 Å². The molecule has 32 heavy (non-hydrogen) atoms. The van der Waals surface area contributed by atoms with Crippen LogP contribution in [0.15, 0.2) is 24.3 Å². The highest BCUT2D eigenvalue weighted by Crippen LogP contribution is 2.67. The van der Waals surface area contributed by atoms with E-state index in [0.717, 1.165) is 43.4 Å². The number of hydrogen-bond donors (Lipinski definition) is 0. The number of ether oxygens (including phenoxy) is 2. The van der Waals surface area contributed by atoms with Crippen LogP contribution in [0.1, 0.15) is 85.0 Å². The van der Waals surface area contributed by atoms with E-state index < -0.39 is 0 Å². The van der Waals surface area contributed by atoms with Gasteiger partial charge in [-0.15, -0.1) is 6.58 Å². The van der Waals surface area contributed by atoms with Crippen LogP contribution in [0, 0.1) is 40.4 Å². The maximum absolute atomic E-state index is 11.8. The Bertz CT molecular complexity index is 784. The molecule has 0 saturated heterocycles. The molecule has 0 amide bonds. The predicted molar refractivity (Wildman–Crippen MR) is 126 cm³/mol. The standard InChI is InChI=1S/C28H42O4/c1-6-19(7-12-26(30)31-5)23-10-11-24-22-9-8-20-17-21(32-18(2)29)13-15-27(20,3)25(22)14-16-28(23,24)4/h6,8,19,21-25H,1,7,9-17H2,2-5H3/t19-,21?,22?,23-,24?,25?,27+,28-/m1/s1. The van der Waals surface area contributed by atoms with E-state index in [1.54, 1.807) is 5.57 Å². The molecule has 0 aromatic heterocycles. The fourth-order valence-corrected chi connectivity index (χ4v) is 8.58. The smallest absolute Gasteiger partial charge is 0.305 e. The molecule has 4 nitrogen and oxygen atoms in total. The summed E-state index contributed by atoms with van der Waals surface area (Å²) in [5, 5.41) is 0. The second-order valence-electron chi connectivity index (χ2n) is 11.5. The number of rotatable bonds is 6. The first-order valence-electron chi connectivity index (χ1n) is 12.8. The van der Waals surface area contributed by atoms with E-state index in [2.05, 4.69) is 32.6 Å². The van der Waals surface area contributed by atoms with E-state index in [4.69, 9.17) is 9.47 Å². The molecule has 0 N–H and O–H groups in total. The van der Waals surface area contributed by atoms with Crippen LogP contribution < -0.4 is 0 Å².